The van der Waals surface area contributed by atoms with Crippen molar-refractivity contribution in [3.8, 4) is 16.8 Å². The lowest BCUT2D eigenvalue weighted by Crippen LogP contribution is -1.93. The fourth-order valence-corrected chi connectivity index (χ4v) is 6.79. The monoisotopic (exact) mass is 465 g/mol. The fourth-order valence-electron chi connectivity index (χ4n) is 5.54. The topological polar surface area (TPSA) is 18.1 Å². The molecule has 0 radical (unpaired) electrons. The van der Waals surface area contributed by atoms with Gasteiger partial charge in [0.25, 0.3) is 0 Å². The summed E-state index contributed by atoms with van der Waals surface area (Å²) in [6.07, 6.45) is 0. The van der Waals surface area contributed by atoms with Crippen molar-refractivity contribution in [3.63, 3.8) is 0 Å². The van der Waals surface area contributed by atoms with Crippen LogP contribution < -0.4 is 0 Å². The highest BCUT2D eigenvalue weighted by Crippen LogP contribution is 2.47. The van der Waals surface area contributed by atoms with Crippen LogP contribution in [0.1, 0.15) is 0 Å². The molecule has 2 nitrogen and oxygen atoms in total. The van der Waals surface area contributed by atoms with Crippen LogP contribution in [0.3, 0.4) is 0 Å². The van der Waals surface area contributed by atoms with Crippen molar-refractivity contribution in [1.82, 2.24) is 4.57 Å². The summed E-state index contributed by atoms with van der Waals surface area (Å²) in [5.74, 6) is 0. The lowest BCUT2D eigenvalue weighted by atomic mass is 9.99. The maximum atomic E-state index is 6.45. The van der Waals surface area contributed by atoms with Gasteiger partial charge in [0, 0.05) is 37.5 Å². The van der Waals surface area contributed by atoms with Crippen molar-refractivity contribution in [2.45, 2.75) is 0 Å². The van der Waals surface area contributed by atoms with E-state index in [0.29, 0.717) is 0 Å². The van der Waals surface area contributed by atoms with E-state index < -0.39 is 0 Å². The number of rotatable bonds is 2. The van der Waals surface area contributed by atoms with Crippen LogP contribution in [-0.2, 0) is 0 Å². The van der Waals surface area contributed by atoms with Crippen LogP contribution in [0.2, 0.25) is 0 Å². The standard InChI is InChI=1S/C32H19NOS/c1-2-10-20(11-3-1)33-26-17-6-4-13-25(26)32-30(33)29-22(14-9-19-28(29)35-32)24-16-8-15-23-21-12-5-7-18-27(21)34-31(23)24/h1-19H. The molecule has 0 bridgehead atoms. The second-order valence-electron chi connectivity index (χ2n) is 8.93. The second kappa shape index (κ2) is 7.08. The minimum atomic E-state index is 0.927. The molecule has 0 unspecified atom stereocenters. The summed E-state index contributed by atoms with van der Waals surface area (Å²) in [4.78, 5) is 0. The quantitative estimate of drug-likeness (QED) is 0.248. The first-order valence-electron chi connectivity index (χ1n) is 11.8. The largest absolute Gasteiger partial charge is 0.455 e. The smallest absolute Gasteiger partial charge is 0.143 e. The van der Waals surface area contributed by atoms with Crippen molar-refractivity contribution >= 4 is 64.5 Å². The van der Waals surface area contributed by atoms with Gasteiger partial charge in [0.2, 0.25) is 0 Å². The average molecular weight is 466 g/mol. The number of hydrogen-bond acceptors (Lipinski definition) is 2. The van der Waals surface area contributed by atoms with Crippen molar-refractivity contribution in [2.24, 2.45) is 0 Å². The van der Waals surface area contributed by atoms with Crippen LogP contribution in [-0.4, -0.2) is 4.57 Å². The molecular formula is C32H19NOS. The number of nitrogens with zero attached hydrogens (tertiary/aromatic N) is 1. The van der Waals surface area contributed by atoms with Gasteiger partial charge >= 0.3 is 0 Å². The van der Waals surface area contributed by atoms with E-state index in [0.717, 1.165) is 27.5 Å². The maximum Gasteiger partial charge on any atom is 0.143 e. The Kier molecular flexibility index (Phi) is 3.85. The molecule has 3 aromatic heterocycles. The Morgan fingerprint density at radius 2 is 1.29 bits per heavy atom. The Hall–Kier alpha value is -4.34. The first-order chi connectivity index (χ1) is 17.4. The molecule has 0 saturated carbocycles. The van der Waals surface area contributed by atoms with Crippen LogP contribution in [0, 0.1) is 0 Å². The zero-order valence-corrected chi connectivity index (χ0v) is 19.5. The van der Waals surface area contributed by atoms with Gasteiger partial charge in [-0.1, -0.05) is 84.9 Å². The Morgan fingerprint density at radius 1 is 0.571 bits per heavy atom. The van der Waals surface area contributed by atoms with Gasteiger partial charge in [0.1, 0.15) is 11.2 Å². The Bertz CT molecular complexity index is 2060. The van der Waals surface area contributed by atoms with Gasteiger partial charge in [0.05, 0.1) is 15.7 Å². The van der Waals surface area contributed by atoms with Crippen LogP contribution in [0.25, 0.3) is 70.0 Å². The number of thiophene rings is 1. The molecule has 5 aromatic carbocycles. The van der Waals surface area contributed by atoms with Crippen molar-refractivity contribution in [3.05, 3.63) is 115 Å². The summed E-state index contributed by atoms with van der Waals surface area (Å²) in [5.41, 5.74) is 7.89. The second-order valence-corrected chi connectivity index (χ2v) is 9.98. The third kappa shape index (κ3) is 2.59. The van der Waals surface area contributed by atoms with E-state index >= 15 is 0 Å². The minimum absolute atomic E-state index is 0.927. The van der Waals surface area contributed by atoms with Gasteiger partial charge in [-0.05, 0) is 35.9 Å². The molecule has 8 rings (SSSR count). The van der Waals surface area contributed by atoms with Gasteiger partial charge < -0.3 is 8.98 Å². The number of furan rings is 1. The molecule has 0 N–H and O–H groups in total. The number of hydrogen-bond donors (Lipinski definition) is 0. The predicted molar refractivity (Wildman–Crippen MR) is 149 cm³/mol. The van der Waals surface area contributed by atoms with Crippen molar-refractivity contribution in [2.75, 3.05) is 0 Å². The zero-order valence-electron chi connectivity index (χ0n) is 18.7. The van der Waals surface area contributed by atoms with Crippen LogP contribution >= 0.6 is 11.3 Å². The summed E-state index contributed by atoms with van der Waals surface area (Å²) >= 11 is 1.87. The van der Waals surface area contributed by atoms with Crippen LogP contribution in [0.4, 0.5) is 0 Å². The van der Waals surface area contributed by atoms with E-state index in [1.807, 2.05) is 17.4 Å². The van der Waals surface area contributed by atoms with Crippen LogP contribution in [0.15, 0.2) is 120 Å². The molecule has 0 amide bonds. The van der Waals surface area contributed by atoms with E-state index in [9.17, 15) is 0 Å². The summed E-state index contributed by atoms with van der Waals surface area (Å²) in [7, 11) is 0. The first-order valence-corrected chi connectivity index (χ1v) is 12.6. The highest BCUT2D eigenvalue weighted by molar-refractivity contribution is 7.26. The van der Waals surface area contributed by atoms with E-state index in [-0.39, 0.29) is 0 Å². The van der Waals surface area contributed by atoms with E-state index in [2.05, 4.69) is 114 Å². The third-order valence-electron chi connectivity index (χ3n) is 7.01. The molecule has 164 valence electrons. The Labute approximate surface area is 205 Å². The van der Waals surface area contributed by atoms with E-state index in [1.165, 1.54) is 42.5 Å². The van der Waals surface area contributed by atoms with Gasteiger partial charge in [-0.15, -0.1) is 11.3 Å². The summed E-state index contributed by atoms with van der Waals surface area (Å²) in [5, 5.41) is 4.89. The molecule has 0 aliphatic carbocycles. The number of aromatic nitrogens is 1. The molecule has 3 heteroatoms. The normalized spacial score (nSPS) is 12.0. The van der Waals surface area contributed by atoms with Crippen molar-refractivity contribution in [1.29, 1.82) is 0 Å². The third-order valence-corrected chi connectivity index (χ3v) is 8.19. The molecule has 0 atom stereocenters. The van der Waals surface area contributed by atoms with Crippen LogP contribution in [0.5, 0.6) is 0 Å². The molecule has 0 aliphatic rings. The van der Waals surface area contributed by atoms with Gasteiger partial charge in [-0.25, -0.2) is 0 Å². The van der Waals surface area contributed by atoms with Gasteiger partial charge in [-0.2, -0.15) is 0 Å². The highest BCUT2D eigenvalue weighted by Gasteiger charge is 2.21. The zero-order chi connectivity index (χ0) is 22.9. The summed E-state index contributed by atoms with van der Waals surface area (Å²) in [6, 6.07) is 40.9. The molecule has 0 spiro atoms. The summed E-state index contributed by atoms with van der Waals surface area (Å²) < 4.78 is 11.5. The molecule has 8 aromatic rings. The molecule has 3 heterocycles. The number of benzene rings is 5. The molecular weight excluding hydrogens is 446 g/mol. The SMILES string of the molecule is c1ccc(-n2c3ccccc3c3sc4cccc(-c5cccc6c5oc5ccccc56)c4c32)cc1. The van der Waals surface area contributed by atoms with E-state index in [4.69, 9.17) is 4.42 Å². The maximum absolute atomic E-state index is 6.45. The predicted octanol–water partition coefficient (Wildman–Crippen LogP) is 9.56. The number of para-hydroxylation sites is 4. The lowest BCUT2D eigenvalue weighted by Gasteiger charge is -2.10. The Morgan fingerprint density at radius 3 is 2.20 bits per heavy atom. The fraction of sp³-hybridized carbons (Fsp3) is 0. The average Bonchev–Trinajstić information content (AvgIpc) is 3.58. The lowest BCUT2D eigenvalue weighted by molar-refractivity contribution is 0.670. The Balaban J connectivity index is 1.56. The summed E-state index contributed by atoms with van der Waals surface area (Å²) in [6.45, 7) is 0. The minimum Gasteiger partial charge on any atom is -0.455 e. The molecule has 0 saturated heterocycles. The molecule has 0 fully saturated rings. The van der Waals surface area contributed by atoms with Gasteiger partial charge in [0.15, 0.2) is 0 Å². The highest BCUT2D eigenvalue weighted by atomic mass is 32.1. The first kappa shape index (κ1) is 19.0. The molecule has 35 heavy (non-hydrogen) atoms. The number of fused-ring (bicyclic) bond motifs is 8. The molecule has 0 aliphatic heterocycles. The van der Waals surface area contributed by atoms with Crippen molar-refractivity contribution < 1.29 is 4.42 Å². The van der Waals surface area contributed by atoms with E-state index in [1.54, 1.807) is 0 Å². The van der Waals surface area contributed by atoms with Gasteiger partial charge in [-0.3, -0.25) is 0 Å².